The zero-order valence-electron chi connectivity index (χ0n) is 6.53. The van der Waals surface area contributed by atoms with E-state index in [1.54, 1.807) is 0 Å². The van der Waals surface area contributed by atoms with Crippen LogP contribution in [0.4, 0.5) is 14.5 Å². The molecule has 0 fully saturated rings. The average molecular weight is 203 g/mol. The van der Waals surface area contributed by atoms with Crippen molar-refractivity contribution in [1.82, 2.24) is 0 Å². The fraction of sp³-hybridized carbons (Fsp3) is 0. The Labute approximate surface area is 75.7 Å². The maximum Gasteiger partial charge on any atom is 0.340 e. The van der Waals surface area contributed by atoms with Gasteiger partial charge >= 0.3 is 11.7 Å². The summed E-state index contributed by atoms with van der Waals surface area (Å²) in [4.78, 5) is 19.2. The van der Waals surface area contributed by atoms with Crippen molar-refractivity contribution in [2.75, 3.05) is 0 Å². The van der Waals surface area contributed by atoms with Crippen LogP contribution in [0.2, 0.25) is 0 Å². The number of aromatic carboxylic acids is 1. The first-order valence-corrected chi connectivity index (χ1v) is 3.31. The van der Waals surface area contributed by atoms with Crippen molar-refractivity contribution in [1.29, 1.82) is 0 Å². The summed E-state index contributed by atoms with van der Waals surface area (Å²) < 4.78 is 25.6. The van der Waals surface area contributed by atoms with Crippen LogP contribution in [0.5, 0.6) is 0 Å². The van der Waals surface area contributed by atoms with Crippen molar-refractivity contribution in [3.8, 4) is 0 Å². The number of nitro benzene ring substituents is 1. The van der Waals surface area contributed by atoms with Gasteiger partial charge in [0.05, 0.1) is 4.92 Å². The van der Waals surface area contributed by atoms with Gasteiger partial charge in [-0.1, -0.05) is 0 Å². The Morgan fingerprint density at radius 3 is 2.43 bits per heavy atom. The zero-order chi connectivity index (χ0) is 10.9. The summed E-state index contributed by atoms with van der Waals surface area (Å²) in [5.41, 5.74) is -2.39. The molecule has 0 aliphatic rings. The second-order valence-electron chi connectivity index (χ2n) is 2.32. The molecule has 0 atom stereocenters. The van der Waals surface area contributed by atoms with E-state index in [2.05, 4.69) is 0 Å². The number of carboxylic acid groups (broad SMARTS) is 1. The summed E-state index contributed by atoms with van der Waals surface area (Å²) >= 11 is 0. The zero-order valence-corrected chi connectivity index (χ0v) is 6.53. The van der Waals surface area contributed by atoms with Crippen molar-refractivity contribution < 1.29 is 23.6 Å². The van der Waals surface area contributed by atoms with E-state index in [1.165, 1.54) is 0 Å². The number of nitro groups is 1. The lowest BCUT2D eigenvalue weighted by atomic mass is 10.2. The molecule has 74 valence electrons. The van der Waals surface area contributed by atoms with Gasteiger partial charge in [0.1, 0.15) is 5.56 Å². The third-order valence-electron chi connectivity index (χ3n) is 1.48. The van der Waals surface area contributed by atoms with Gasteiger partial charge in [-0.3, -0.25) is 10.1 Å². The number of halogens is 2. The van der Waals surface area contributed by atoms with Crippen LogP contribution in [0.15, 0.2) is 12.1 Å². The van der Waals surface area contributed by atoms with Crippen molar-refractivity contribution in [2.24, 2.45) is 0 Å². The fourth-order valence-corrected chi connectivity index (χ4v) is 0.874. The number of nitrogens with zero attached hydrogens (tertiary/aromatic N) is 1. The first kappa shape index (κ1) is 10.0. The number of hydrogen-bond acceptors (Lipinski definition) is 3. The number of hydrogen-bond donors (Lipinski definition) is 1. The Morgan fingerprint density at radius 1 is 1.43 bits per heavy atom. The Balaban J connectivity index is 3.49. The Kier molecular flexibility index (Phi) is 2.41. The molecule has 0 unspecified atom stereocenters. The number of carboxylic acids is 1. The van der Waals surface area contributed by atoms with E-state index in [-0.39, 0.29) is 0 Å². The topological polar surface area (TPSA) is 80.4 Å². The molecule has 0 aromatic heterocycles. The molecule has 0 heterocycles. The van der Waals surface area contributed by atoms with Crippen LogP contribution in [-0.4, -0.2) is 16.0 Å². The molecule has 0 radical (unpaired) electrons. The van der Waals surface area contributed by atoms with Gasteiger partial charge in [0.15, 0.2) is 0 Å². The molecule has 1 rings (SSSR count). The van der Waals surface area contributed by atoms with Gasteiger partial charge in [-0.15, -0.1) is 0 Å². The van der Waals surface area contributed by atoms with Crippen LogP contribution >= 0.6 is 0 Å². The highest BCUT2D eigenvalue weighted by Gasteiger charge is 2.26. The predicted molar refractivity (Wildman–Crippen MR) is 40.0 cm³/mol. The maximum atomic E-state index is 13.0. The molecule has 0 saturated carbocycles. The van der Waals surface area contributed by atoms with E-state index in [0.29, 0.717) is 12.1 Å². The lowest BCUT2D eigenvalue weighted by Crippen LogP contribution is -2.05. The molecule has 0 saturated heterocycles. The summed E-state index contributed by atoms with van der Waals surface area (Å²) in [6.07, 6.45) is 0. The van der Waals surface area contributed by atoms with Gasteiger partial charge in [-0.05, 0) is 12.1 Å². The van der Waals surface area contributed by atoms with Crippen molar-refractivity contribution >= 4 is 11.7 Å². The third kappa shape index (κ3) is 1.51. The van der Waals surface area contributed by atoms with Crippen molar-refractivity contribution in [3.05, 3.63) is 39.4 Å². The van der Waals surface area contributed by atoms with Gasteiger partial charge in [0.2, 0.25) is 11.6 Å². The second-order valence-corrected chi connectivity index (χ2v) is 2.32. The van der Waals surface area contributed by atoms with Gasteiger partial charge in [-0.2, -0.15) is 8.78 Å². The monoisotopic (exact) mass is 203 g/mol. The number of rotatable bonds is 2. The van der Waals surface area contributed by atoms with E-state index in [0.717, 1.165) is 0 Å². The van der Waals surface area contributed by atoms with Crippen LogP contribution in [0.1, 0.15) is 10.4 Å². The average Bonchev–Trinajstić information content (AvgIpc) is 2.02. The normalized spacial score (nSPS) is 9.86. The fourth-order valence-electron chi connectivity index (χ4n) is 0.874. The summed E-state index contributed by atoms with van der Waals surface area (Å²) in [6, 6.07) is 1.16. The van der Waals surface area contributed by atoms with Gasteiger partial charge < -0.3 is 5.11 Å². The summed E-state index contributed by atoms with van der Waals surface area (Å²) in [6.45, 7) is 0. The highest BCUT2D eigenvalue weighted by Crippen LogP contribution is 2.23. The van der Waals surface area contributed by atoms with Crippen LogP contribution < -0.4 is 0 Å². The predicted octanol–water partition coefficient (Wildman–Crippen LogP) is 1.57. The molecule has 14 heavy (non-hydrogen) atoms. The number of carbonyl (C=O) groups is 1. The van der Waals surface area contributed by atoms with Crippen LogP contribution in [-0.2, 0) is 0 Å². The first-order valence-electron chi connectivity index (χ1n) is 3.31. The molecule has 1 aromatic carbocycles. The number of benzene rings is 1. The standard InChI is InChI=1S/C7H3F2NO4/c8-4-2-1-3(7(11)12)5(9)6(4)10(13)14/h1-2H,(H,11,12). The highest BCUT2D eigenvalue weighted by molar-refractivity contribution is 5.88. The minimum Gasteiger partial charge on any atom is -0.478 e. The molecule has 7 heteroatoms. The lowest BCUT2D eigenvalue weighted by Gasteiger charge is -1.98. The van der Waals surface area contributed by atoms with Crippen LogP contribution in [0.25, 0.3) is 0 Å². The van der Waals surface area contributed by atoms with Crippen LogP contribution in [0, 0.1) is 21.7 Å². The first-order chi connectivity index (χ1) is 6.45. The summed E-state index contributed by atoms with van der Waals surface area (Å²) in [5, 5.41) is 18.5. The van der Waals surface area contributed by atoms with Gasteiger partial charge in [-0.25, -0.2) is 4.79 Å². The highest BCUT2D eigenvalue weighted by atomic mass is 19.1. The van der Waals surface area contributed by atoms with E-state index in [4.69, 9.17) is 5.11 Å². The quantitative estimate of drug-likeness (QED) is 0.584. The maximum absolute atomic E-state index is 13.0. The minimum atomic E-state index is -1.69. The molecule has 0 spiro atoms. The lowest BCUT2D eigenvalue weighted by molar-refractivity contribution is -0.390. The SMILES string of the molecule is O=C(O)c1ccc(F)c([N+](=O)[O-])c1F. The van der Waals surface area contributed by atoms with Crippen molar-refractivity contribution in [2.45, 2.75) is 0 Å². The van der Waals surface area contributed by atoms with E-state index < -0.39 is 33.8 Å². The molecule has 1 N–H and O–H groups in total. The molecule has 0 aliphatic carbocycles. The van der Waals surface area contributed by atoms with Crippen molar-refractivity contribution in [3.63, 3.8) is 0 Å². The third-order valence-corrected chi connectivity index (χ3v) is 1.48. The van der Waals surface area contributed by atoms with Gasteiger partial charge in [0.25, 0.3) is 0 Å². The molecular weight excluding hydrogens is 200 g/mol. The van der Waals surface area contributed by atoms with E-state index in [9.17, 15) is 23.7 Å². The molecule has 1 aromatic rings. The summed E-state index contributed by atoms with van der Waals surface area (Å²) in [7, 11) is 0. The van der Waals surface area contributed by atoms with E-state index >= 15 is 0 Å². The second kappa shape index (κ2) is 3.36. The molecule has 0 amide bonds. The molecule has 5 nitrogen and oxygen atoms in total. The minimum absolute atomic E-state index is 0.532. The Morgan fingerprint density at radius 2 is 2.00 bits per heavy atom. The summed E-state index contributed by atoms with van der Waals surface area (Å²) in [5.74, 6) is -4.77. The van der Waals surface area contributed by atoms with E-state index in [1.807, 2.05) is 0 Å². The smallest absolute Gasteiger partial charge is 0.340 e. The largest absolute Gasteiger partial charge is 0.478 e. The van der Waals surface area contributed by atoms with Gasteiger partial charge in [0, 0.05) is 0 Å². The molecular formula is C7H3F2NO4. The molecule has 0 aliphatic heterocycles. The van der Waals surface area contributed by atoms with Crippen LogP contribution in [0.3, 0.4) is 0 Å². The Bertz CT molecular complexity index is 418. The molecule has 0 bridgehead atoms. The Hall–Kier alpha value is -2.05.